The number of fused-ring (bicyclic) bond motifs is 1. The molecule has 0 saturated heterocycles. The van der Waals surface area contributed by atoms with E-state index < -0.39 is 0 Å². The van der Waals surface area contributed by atoms with Crippen molar-refractivity contribution >= 4 is 0 Å². The first-order chi connectivity index (χ1) is 9.78. The average Bonchev–Trinajstić information content (AvgIpc) is 2.90. The molecule has 3 nitrogen and oxygen atoms in total. The van der Waals surface area contributed by atoms with Crippen LogP contribution < -0.4 is 5.32 Å². The summed E-state index contributed by atoms with van der Waals surface area (Å²) in [6.45, 7) is 3.24. The zero-order valence-corrected chi connectivity index (χ0v) is 13.0. The van der Waals surface area contributed by atoms with E-state index >= 15 is 0 Å². The topological polar surface area (TPSA) is 29.9 Å². The maximum absolute atomic E-state index is 4.66. The number of hydrogen-bond acceptors (Lipinski definition) is 2. The number of aryl methyl sites for hydroxylation is 1. The van der Waals surface area contributed by atoms with E-state index in [4.69, 9.17) is 0 Å². The Bertz CT molecular complexity index is 426. The minimum Gasteiger partial charge on any atom is -0.309 e. The first-order valence-electron chi connectivity index (χ1n) is 8.51. The Morgan fingerprint density at radius 3 is 2.75 bits per heavy atom. The van der Waals surface area contributed by atoms with E-state index in [0.717, 1.165) is 24.3 Å². The van der Waals surface area contributed by atoms with Gasteiger partial charge in [0, 0.05) is 13.2 Å². The van der Waals surface area contributed by atoms with Gasteiger partial charge in [-0.25, -0.2) is 0 Å². The molecule has 2 aliphatic rings. The molecule has 0 radical (unpaired) electrons. The largest absolute Gasteiger partial charge is 0.309 e. The molecule has 2 fully saturated rings. The normalized spacial score (nSPS) is 31.8. The molecule has 4 atom stereocenters. The van der Waals surface area contributed by atoms with Crippen LogP contribution in [0.5, 0.6) is 0 Å². The third-order valence-corrected chi connectivity index (χ3v) is 5.53. The van der Waals surface area contributed by atoms with Gasteiger partial charge < -0.3 is 5.32 Å². The summed E-state index contributed by atoms with van der Waals surface area (Å²) in [5, 5.41) is 8.36. The van der Waals surface area contributed by atoms with Gasteiger partial charge in [0.15, 0.2) is 0 Å². The monoisotopic (exact) mass is 275 g/mol. The molecule has 1 aromatic heterocycles. The molecule has 112 valence electrons. The van der Waals surface area contributed by atoms with Gasteiger partial charge in [0.1, 0.15) is 0 Å². The molecule has 0 spiro atoms. The summed E-state index contributed by atoms with van der Waals surface area (Å²) in [7, 11) is 2.02. The van der Waals surface area contributed by atoms with Crippen molar-refractivity contribution in [2.45, 2.75) is 57.9 Å². The summed E-state index contributed by atoms with van der Waals surface area (Å²) in [5.74, 6) is 2.81. The third-order valence-electron chi connectivity index (χ3n) is 5.53. The zero-order valence-electron chi connectivity index (χ0n) is 13.0. The fraction of sp³-hybridized carbons (Fsp3) is 0.824. The molecule has 0 bridgehead atoms. The van der Waals surface area contributed by atoms with Crippen LogP contribution in [0.2, 0.25) is 0 Å². The Hall–Kier alpha value is -0.830. The Balaban J connectivity index is 1.71. The second kappa shape index (κ2) is 6.30. The van der Waals surface area contributed by atoms with Crippen LogP contribution in [-0.4, -0.2) is 16.3 Å². The number of rotatable bonds is 4. The Kier molecular flexibility index (Phi) is 4.45. The van der Waals surface area contributed by atoms with Crippen LogP contribution in [-0.2, 0) is 7.05 Å². The van der Waals surface area contributed by atoms with Gasteiger partial charge in [-0.1, -0.05) is 32.6 Å². The molecule has 3 rings (SSSR count). The second-order valence-electron chi connectivity index (χ2n) is 6.83. The first kappa shape index (κ1) is 14.1. The molecule has 2 aliphatic carbocycles. The number of nitrogens with zero attached hydrogens (tertiary/aromatic N) is 2. The molecular formula is C17H29N3. The maximum atomic E-state index is 4.66. The van der Waals surface area contributed by atoms with Gasteiger partial charge in [-0.2, -0.15) is 5.10 Å². The first-order valence-corrected chi connectivity index (χ1v) is 8.51. The molecule has 1 N–H and O–H groups in total. The molecule has 0 amide bonds. The van der Waals surface area contributed by atoms with E-state index in [1.165, 1.54) is 50.6 Å². The molecule has 1 aromatic rings. The highest BCUT2D eigenvalue weighted by molar-refractivity contribution is 5.08. The highest BCUT2D eigenvalue weighted by Gasteiger charge is 2.36. The Morgan fingerprint density at radius 1 is 1.25 bits per heavy atom. The summed E-state index contributed by atoms with van der Waals surface area (Å²) in [6, 6.07) is 2.66. The van der Waals surface area contributed by atoms with Gasteiger partial charge in [0.05, 0.1) is 11.7 Å². The van der Waals surface area contributed by atoms with Crippen molar-refractivity contribution in [3.63, 3.8) is 0 Å². The van der Waals surface area contributed by atoms with Gasteiger partial charge >= 0.3 is 0 Å². The molecular weight excluding hydrogens is 246 g/mol. The third kappa shape index (κ3) is 2.93. The predicted molar refractivity (Wildman–Crippen MR) is 82.4 cm³/mol. The predicted octanol–water partition coefficient (Wildman–Crippen LogP) is 3.68. The summed E-state index contributed by atoms with van der Waals surface area (Å²) in [5.41, 5.74) is 1.24. The standard InChI is InChI=1S/C17H29N3/c1-3-18-17(16-10-11-20(2)19-16)15-9-8-13-6-4-5-7-14(13)12-15/h10-11,13-15,17-18H,3-9,12H2,1-2H3. The molecule has 0 aliphatic heterocycles. The van der Waals surface area contributed by atoms with Crippen LogP contribution in [0.4, 0.5) is 0 Å². The average molecular weight is 275 g/mol. The molecule has 3 heteroatoms. The van der Waals surface area contributed by atoms with Gasteiger partial charge in [0.25, 0.3) is 0 Å². The number of nitrogens with one attached hydrogen (secondary N) is 1. The fourth-order valence-corrected chi connectivity index (χ4v) is 4.54. The van der Waals surface area contributed by atoms with Crippen LogP contribution in [0.25, 0.3) is 0 Å². The summed E-state index contributed by atoms with van der Waals surface area (Å²) in [4.78, 5) is 0. The quantitative estimate of drug-likeness (QED) is 0.908. The highest BCUT2D eigenvalue weighted by Crippen LogP contribution is 2.45. The van der Waals surface area contributed by atoms with Crippen LogP contribution >= 0.6 is 0 Å². The fourth-order valence-electron chi connectivity index (χ4n) is 4.54. The van der Waals surface area contributed by atoms with Crippen molar-refractivity contribution in [3.05, 3.63) is 18.0 Å². The van der Waals surface area contributed by atoms with E-state index in [0.29, 0.717) is 6.04 Å². The lowest BCUT2D eigenvalue weighted by Crippen LogP contribution is -2.35. The Morgan fingerprint density at radius 2 is 2.05 bits per heavy atom. The number of hydrogen-bond donors (Lipinski definition) is 1. The molecule has 1 heterocycles. The smallest absolute Gasteiger partial charge is 0.0796 e. The summed E-state index contributed by atoms with van der Waals surface area (Å²) < 4.78 is 1.94. The number of aromatic nitrogens is 2. The molecule has 4 unspecified atom stereocenters. The lowest BCUT2D eigenvalue weighted by atomic mass is 9.66. The van der Waals surface area contributed by atoms with Gasteiger partial charge in [-0.3, -0.25) is 4.68 Å². The maximum Gasteiger partial charge on any atom is 0.0796 e. The van der Waals surface area contributed by atoms with Gasteiger partial charge in [-0.05, 0) is 49.6 Å². The minimum absolute atomic E-state index is 0.462. The van der Waals surface area contributed by atoms with Gasteiger partial charge in [0.2, 0.25) is 0 Å². The molecule has 0 aromatic carbocycles. The molecule has 20 heavy (non-hydrogen) atoms. The van der Waals surface area contributed by atoms with Gasteiger partial charge in [-0.15, -0.1) is 0 Å². The van der Waals surface area contributed by atoms with E-state index in [2.05, 4.69) is 29.6 Å². The minimum atomic E-state index is 0.462. The van der Waals surface area contributed by atoms with Crippen LogP contribution in [0, 0.1) is 17.8 Å². The summed E-state index contributed by atoms with van der Waals surface area (Å²) in [6.07, 6.45) is 12.2. The lowest BCUT2D eigenvalue weighted by Gasteiger charge is -2.41. The van der Waals surface area contributed by atoms with Crippen molar-refractivity contribution in [1.82, 2.24) is 15.1 Å². The lowest BCUT2D eigenvalue weighted by molar-refractivity contribution is 0.109. The highest BCUT2D eigenvalue weighted by atomic mass is 15.3. The van der Waals surface area contributed by atoms with Crippen molar-refractivity contribution in [3.8, 4) is 0 Å². The van der Waals surface area contributed by atoms with E-state index in [1.807, 2.05) is 11.7 Å². The van der Waals surface area contributed by atoms with Crippen molar-refractivity contribution in [2.75, 3.05) is 6.54 Å². The van der Waals surface area contributed by atoms with E-state index in [-0.39, 0.29) is 0 Å². The van der Waals surface area contributed by atoms with E-state index in [9.17, 15) is 0 Å². The SMILES string of the molecule is CCNC(c1ccn(C)n1)C1CCC2CCCCC2C1. The summed E-state index contributed by atoms with van der Waals surface area (Å²) >= 11 is 0. The second-order valence-corrected chi connectivity index (χ2v) is 6.83. The van der Waals surface area contributed by atoms with Crippen molar-refractivity contribution in [1.29, 1.82) is 0 Å². The zero-order chi connectivity index (χ0) is 13.9. The van der Waals surface area contributed by atoms with Crippen LogP contribution in [0.15, 0.2) is 12.3 Å². The van der Waals surface area contributed by atoms with Crippen LogP contribution in [0.3, 0.4) is 0 Å². The van der Waals surface area contributed by atoms with Crippen LogP contribution in [0.1, 0.15) is 63.6 Å². The van der Waals surface area contributed by atoms with E-state index in [1.54, 1.807) is 0 Å². The Labute approximate surface area is 123 Å². The van der Waals surface area contributed by atoms with Crippen molar-refractivity contribution < 1.29 is 0 Å². The molecule has 2 saturated carbocycles. The van der Waals surface area contributed by atoms with Crippen molar-refractivity contribution in [2.24, 2.45) is 24.8 Å².